The molecule has 132 valence electrons. The molecule has 0 aliphatic carbocycles. The Morgan fingerprint density at radius 2 is 2.33 bits per heavy atom. The second kappa shape index (κ2) is 7.53. The molecule has 0 spiro atoms. The van der Waals surface area contributed by atoms with Crippen molar-refractivity contribution in [3.8, 4) is 0 Å². The lowest BCUT2D eigenvalue weighted by atomic mass is 9.75. The average molecular weight is 332 g/mol. The summed E-state index contributed by atoms with van der Waals surface area (Å²) in [5, 5.41) is 0. The van der Waals surface area contributed by atoms with Crippen molar-refractivity contribution in [1.82, 2.24) is 9.80 Å². The van der Waals surface area contributed by atoms with Crippen LogP contribution in [0, 0.1) is 11.3 Å². The molecule has 3 rings (SSSR count). The van der Waals surface area contributed by atoms with E-state index in [2.05, 4.69) is 16.4 Å². The van der Waals surface area contributed by atoms with Gasteiger partial charge in [0.05, 0.1) is 24.5 Å². The fourth-order valence-corrected chi connectivity index (χ4v) is 4.33. The van der Waals surface area contributed by atoms with Crippen LogP contribution in [0.25, 0.3) is 0 Å². The molecule has 2 fully saturated rings. The molecule has 1 aromatic heterocycles. The summed E-state index contributed by atoms with van der Waals surface area (Å²) in [6.07, 6.45) is 7.38. The highest BCUT2D eigenvalue weighted by Gasteiger charge is 2.53. The molecule has 5 heteroatoms. The summed E-state index contributed by atoms with van der Waals surface area (Å²) < 4.78 is 10.7. The maximum Gasteiger partial charge on any atom is 0.313 e. The zero-order valence-electron chi connectivity index (χ0n) is 14.6. The number of ether oxygens (including phenoxy) is 1. The minimum absolute atomic E-state index is 0.00766. The Bertz CT molecular complexity index is 557. The number of likely N-dealkylation sites (tertiary alicyclic amines) is 2. The average Bonchev–Trinajstić information content (AvgIpc) is 3.13. The standard InChI is InChI=1S/C19H28N2O3/c1-3-8-21-13-17-12-20(11-16-6-10-23-14-16)9-5-7-19(17,15-21)18(22)24-4-2/h3,6,10,14,17H,1,4-5,7-9,11-13,15H2,2H3/t17-,19-/m0/s1. The molecule has 0 radical (unpaired) electrons. The van der Waals surface area contributed by atoms with Gasteiger partial charge >= 0.3 is 5.97 Å². The van der Waals surface area contributed by atoms with Crippen molar-refractivity contribution in [2.24, 2.45) is 11.3 Å². The fraction of sp³-hybridized carbons (Fsp3) is 0.632. The summed E-state index contributed by atoms with van der Waals surface area (Å²) in [6.45, 7) is 11.6. The first-order valence-electron chi connectivity index (χ1n) is 8.92. The molecule has 0 N–H and O–H groups in total. The number of furan rings is 1. The Morgan fingerprint density at radius 3 is 3.04 bits per heavy atom. The van der Waals surface area contributed by atoms with E-state index in [-0.39, 0.29) is 11.4 Å². The maximum absolute atomic E-state index is 12.8. The van der Waals surface area contributed by atoms with Crippen molar-refractivity contribution in [3.05, 3.63) is 36.8 Å². The van der Waals surface area contributed by atoms with Gasteiger partial charge in [-0.15, -0.1) is 6.58 Å². The lowest BCUT2D eigenvalue weighted by Gasteiger charge is -2.31. The molecule has 24 heavy (non-hydrogen) atoms. The minimum Gasteiger partial charge on any atom is -0.472 e. The largest absolute Gasteiger partial charge is 0.472 e. The number of carbonyl (C=O) groups excluding carboxylic acids is 1. The Labute approximate surface area is 144 Å². The van der Waals surface area contributed by atoms with Crippen LogP contribution in [0.4, 0.5) is 0 Å². The van der Waals surface area contributed by atoms with Crippen molar-refractivity contribution in [2.45, 2.75) is 26.3 Å². The first kappa shape index (κ1) is 17.2. The minimum atomic E-state index is -0.357. The van der Waals surface area contributed by atoms with Crippen LogP contribution in [0.15, 0.2) is 35.7 Å². The molecule has 0 saturated carbocycles. The molecule has 0 unspecified atom stereocenters. The molecule has 2 aliphatic heterocycles. The topological polar surface area (TPSA) is 45.9 Å². The van der Waals surface area contributed by atoms with Gasteiger partial charge in [0.1, 0.15) is 0 Å². The summed E-state index contributed by atoms with van der Waals surface area (Å²) in [5.41, 5.74) is 0.837. The van der Waals surface area contributed by atoms with Crippen LogP contribution in [0.2, 0.25) is 0 Å². The van der Waals surface area contributed by atoms with E-state index in [1.165, 1.54) is 5.56 Å². The first-order chi connectivity index (χ1) is 11.7. The number of esters is 1. The molecule has 2 saturated heterocycles. The van der Waals surface area contributed by atoms with Crippen LogP contribution in [0.1, 0.15) is 25.3 Å². The number of hydrogen-bond acceptors (Lipinski definition) is 5. The summed E-state index contributed by atoms with van der Waals surface area (Å²) in [7, 11) is 0. The Hall–Kier alpha value is -1.59. The highest BCUT2D eigenvalue weighted by Crippen LogP contribution is 2.43. The summed E-state index contributed by atoms with van der Waals surface area (Å²) in [4.78, 5) is 17.6. The third kappa shape index (κ3) is 3.42. The Balaban J connectivity index is 1.77. The third-order valence-corrected chi connectivity index (χ3v) is 5.40. The molecular weight excluding hydrogens is 304 g/mol. The number of nitrogens with zero attached hydrogens (tertiary/aromatic N) is 2. The highest BCUT2D eigenvalue weighted by atomic mass is 16.5. The van der Waals surface area contributed by atoms with Gasteiger partial charge in [-0.05, 0) is 32.4 Å². The zero-order chi connectivity index (χ0) is 17.0. The normalized spacial score (nSPS) is 28.3. The molecule has 2 atom stereocenters. The first-order valence-corrected chi connectivity index (χ1v) is 8.92. The SMILES string of the molecule is C=CCN1C[C@@H]2CN(Cc3ccoc3)CCC[C@]2(C(=O)OCC)C1. The summed E-state index contributed by atoms with van der Waals surface area (Å²) in [5.74, 6) is 0.303. The van der Waals surface area contributed by atoms with Crippen LogP contribution in [-0.4, -0.2) is 55.1 Å². The van der Waals surface area contributed by atoms with Crippen LogP contribution in [0.5, 0.6) is 0 Å². The number of hydrogen-bond donors (Lipinski definition) is 0. The van der Waals surface area contributed by atoms with E-state index in [1.807, 2.05) is 25.3 Å². The summed E-state index contributed by atoms with van der Waals surface area (Å²) >= 11 is 0. The van der Waals surface area contributed by atoms with E-state index >= 15 is 0 Å². The smallest absolute Gasteiger partial charge is 0.313 e. The fourth-order valence-electron chi connectivity index (χ4n) is 4.33. The van der Waals surface area contributed by atoms with E-state index in [9.17, 15) is 4.79 Å². The van der Waals surface area contributed by atoms with Crippen LogP contribution >= 0.6 is 0 Å². The zero-order valence-corrected chi connectivity index (χ0v) is 14.6. The molecular formula is C19H28N2O3. The van der Waals surface area contributed by atoms with Crippen molar-refractivity contribution >= 4 is 5.97 Å². The molecule has 0 bridgehead atoms. The van der Waals surface area contributed by atoms with Crippen molar-refractivity contribution in [3.63, 3.8) is 0 Å². The Kier molecular flexibility index (Phi) is 5.41. The highest BCUT2D eigenvalue weighted by molar-refractivity contribution is 5.78. The van der Waals surface area contributed by atoms with Crippen LogP contribution < -0.4 is 0 Å². The predicted octanol–water partition coefficient (Wildman–Crippen LogP) is 2.54. The van der Waals surface area contributed by atoms with Gasteiger partial charge in [-0.3, -0.25) is 14.6 Å². The molecule has 1 aromatic rings. The second-order valence-corrected chi connectivity index (χ2v) is 7.03. The Morgan fingerprint density at radius 1 is 1.50 bits per heavy atom. The van der Waals surface area contributed by atoms with Gasteiger partial charge < -0.3 is 9.15 Å². The molecule has 3 heterocycles. The lowest BCUT2D eigenvalue weighted by molar-refractivity contribution is -0.157. The molecule has 2 aliphatic rings. The van der Waals surface area contributed by atoms with Crippen molar-refractivity contribution in [2.75, 3.05) is 39.3 Å². The monoisotopic (exact) mass is 332 g/mol. The second-order valence-electron chi connectivity index (χ2n) is 7.03. The lowest BCUT2D eigenvalue weighted by Crippen LogP contribution is -2.42. The van der Waals surface area contributed by atoms with Gasteiger partial charge in [-0.1, -0.05) is 6.08 Å². The quantitative estimate of drug-likeness (QED) is 0.592. The number of rotatable bonds is 6. The van der Waals surface area contributed by atoms with E-state index in [0.29, 0.717) is 12.5 Å². The predicted molar refractivity (Wildman–Crippen MR) is 92.4 cm³/mol. The number of fused-ring (bicyclic) bond motifs is 1. The van der Waals surface area contributed by atoms with Gasteiger partial charge in [-0.25, -0.2) is 0 Å². The van der Waals surface area contributed by atoms with Gasteiger partial charge in [-0.2, -0.15) is 0 Å². The van der Waals surface area contributed by atoms with Gasteiger partial charge in [0.25, 0.3) is 0 Å². The van der Waals surface area contributed by atoms with E-state index < -0.39 is 0 Å². The van der Waals surface area contributed by atoms with Gasteiger partial charge in [0.2, 0.25) is 0 Å². The van der Waals surface area contributed by atoms with E-state index in [0.717, 1.165) is 52.1 Å². The van der Waals surface area contributed by atoms with E-state index in [1.54, 1.807) is 6.26 Å². The van der Waals surface area contributed by atoms with Crippen LogP contribution in [0.3, 0.4) is 0 Å². The van der Waals surface area contributed by atoms with Gasteiger partial charge in [0.15, 0.2) is 0 Å². The number of carbonyl (C=O) groups is 1. The molecule has 5 nitrogen and oxygen atoms in total. The summed E-state index contributed by atoms with van der Waals surface area (Å²) in [6, 6.07) is 2.02. The molecule has 0 aromatic carbocycles. The van der Waals surface area contributed by atoms with E-state index in [4.69, 9.17) is 9.15 Å². The van der Waals surface area contributed by atoms with Crippen LogP contribution in [-0.2, 0) is 16.1 Å². The molecule has 0 amide bonds. The maximum atomic E-state index is 12.8. The van der Waals surface area contributed by atoms with Crippen molar-refractivity contribution < 1.29 is 13.9 Å². The van der Waals surface area contributed by atoms with Crippen molar-refractivity contribution in [1.29, 1.82) is 0 Å². The van der Waals surface area contributed by atoms with Gasteiger partial charge in [0, 0.05) is 44.2 Å². The third-order valence-electron chi connectivity index (χ3n) is 5.40.